The summed E-state index contributed by atoms with van der Waals surface area (Å²) in [6.45, 7) is 3.47. The topological polar surface area (TPSA) is 29.1 Å². The van der Waals surface area contributed by atoms with Crippen molar-refractivity contribution in [3.8, 4) is 0 Å². The van der Waals surface area contributed by atoms with Crippen LogP contribution < -0.4 is 5.32 Å². The van der Waals surface area contributed by atoms with Crippen LogP contribution in [-0.4, -0.2) is 11.9 Å². The molecule has 0 aromatic heterocycles. The fourth-order valence-corrected chi connectivity index (χ4v) is 1.19. The van der Waals surface area contributed by atoms with Crippen molar-refractivity contribution in [3.05, 3.63) is 42.0 Å². The van der Waals surface area contributed by atoms with Crippen LogP contribution in [0.4, 0.5) is 0 Å². The predicted octanol–water partition coefficient (Wildman–Crippen LogP) is 2.22. The van der Waals surface area contributed by atoms with Gasteiger partial charge < -0.3 is 5.32 Å². The van der Waals surface area contributed by atoms with E-state index in [9.17, 15) is 4.79 Å². The van der Waals surface area contributed by atoms with Gasteiger partial charge in [-0.3, -0.25) is 4.79 Å². The number of nitrogens with one attached hydrogen (secondary N) is 1. The van der Waals surface area contributed by atoms with Crippen molar-refractivity contribution in [1.29, 1.82) is 0 Å². The maximum absolute atomic E-state index is 10.7. The first-order valence-corrected chi connectivity index (χ1v) is 4.69. The Bertz CT molecular complexity index is 316. The summed E-state index contributed by atoms with van der Waals surface area (Å²) >= 11 is 0. The quantitative estimate of drug-likeness (QED) is 0.776. The summed E-state index contributed by atoms with van der Waals surface area (Å²) in [4.78, 5) is 10.7. The van der Waals surface area contributed by atoms with Crippen LogP contribution in [0.2, 0.25) is 0 Å². The zero-order chi connectivity index (χ0) is 10.4. The fraction of sp³-hybridized carbons (Fsp3) is 0.250. The fourth-order valence-electron chi connectivity index (χ4n) is 1.19. The molecule has 0 aliphatic rings. The Morgan fingerprint density at radius 1 is 1.36 bits per heavy atom. The minimum Gasteiger partial charge on any atom is -0.350 e. The van der Waals surface area contributed by atoms with Crippen molar-refractivity contribution < 1.29 is 4.79 Å². The Balaban J connectivity index is 2.52. The van der Waals surface area contributed by atoms with Crippen LogP contribution in [0.15, 0.2) is 36.4 Å². The summed E-state index contributed by atoms with van der Waals surface area (Å²) in [6, 6.07) is 10.1. The number of amides is 1. The molecule has 74 valence electrons. The summed E-state index contributed by atoms with van der Waals surface area (Å²) in [7, 11) is 0. The molecule has 0 bridgehead atoms. The van der Waals surface area contributed by atoms with Gasteiger partial charge in [0.1, 0.15) is 0 Å². The molecular weight excluding hydrogens is 174 g/mol. The van der Waals surface area contributed by atoms with Crippen molar-refractivity contribution in [2.45, 2.75) is 19.9 Å². The van der Waals surface area contributed by atoms with Crippen molar-refractivity contribution in [2.75, 3.05) is 0 Å². The lowest BCUT2D eigenvalue weighted by Gasteiger charge is -2.05. The Morgan fingerprint density at radius 3 is 2.57 bits per heavy atom. The Morgan fingerprint density at radius 2 is 2.00 bits per heavy atom. The van der Waals surface area contributed by atoms with Crippen LogP contribution in [0.25, 0.3) is 6.08 Å². The minimum absolute atomic E-state index is 0.00443. The highest BCUT2D eigenvalue weighted by Gasteiger charge is 1.96. The molecule has 0 saturated heterocycles. The van der Waals surface area contributed by atoms with E-state index in [1.54, 1.807) is 0 Å². The second-order valence-electron chi connectivity index (χ2n) is 3.26. The van der Waals surface area contributed by atoms with Crippen molar-refractivity contribution >= 4 is 12.0 Å². The number of carbonyl (C=O) groups excluding carboxylic acids is 1. The molecule has 1 atom stereocenters. The molecule has 0 aliphatic heterocycles. The van der Waals surface area contributed by atoms with E-state index >= 15 is 0 Å². The van der Waals surface area contributed by atoms with Crippen LogP contribution in [-0.2, 0) is 4.79 Å². The van der Waals surface area contributed by atoms with E-state index in [4.69, 9.17) is 0 Å². The van der Waals surface area contributed by atoms with Crippen LogP contribution in [0.1, 0.15) is 19.4 Å². The highest BCUT2D eigenvalue weighted by molar-refractivity contribution is 5.73. The SMILES string of the molecule is CC(=O)N[C@@H](C)/C=C/c1ccccc1. The van der Waals surface area contributed by atoms with Crippen LogP contribution >= 0.6 is 0 Å². The zero-order valence-electron chi connectivity index (χ0n) is 8.53. The lowest BCUT2D eigenvalue weighted by molar-refractivity contribution is -0.119. The third kappa shape index (κ3) is 3.90. The normalized spacial score (nSPS) is 12.7. The maximum Gasteiger partial charge on any atom is 0.217 e. The largest absolute Gasteiger partial charge is 0.350 e. The molecular formula is C12H15NO. The lowest BCUT2D eigenvalue weighted by Crippen LogP contribution is -2.28. The lowest BCUT2D eigenvalue weighted by atomic mass is 10.2. The molecule has 0 radical (unpaired) electrons. The van der Waals surface area contributed by atoms with Gasteiger partial charge in [-0.05, 0) is 12.5 Å². The van der Waals surface area contributed by atoms with Gasteiger partial charge in [-0.1, -0.05) is 42.5 Å². The second-order valence-corrected chi connectivity index (χ2v) is 3.26. The average molecular weight is 189 g/mol. The van der Waals surface area contributed by atoms with E-state index in [0.29, 0.717) is 0 Å². The standard InChI is InChI=1S/C12H15NO/c1-10(13-11(2)14)8-9-12-6-4-3-5-7-12/h3-10H,1-2H3,(H,13,14)/b9-8+/t10-/m0/s1. The molecule has 1 aromatic rings. The van der Waals surface area contributed by atoms with Gasteiger partial charge in [0.25, 0.3) is 0 Å². The molecule has 1 N–H and O–H groups in total. The molecule has 0 fully saturated rings. The van der Waals surface area contributed by atoms with Gasteiger partial charge in [-0.15, -0.1) is 0 Å². The molecule has 14 heavy (non-hydrogen) atoms. The van der Waals surface area contributed by atoms with E-state index in [1.807, 2.05) is 49.4 Å². The molecule has 0 heterocycles. The summed E-state index contributed by atoms with van der Waals surface area (Å²) in [6.07, 6.45) is 3.97. The van der Waals surface area contributed by atoms with Crippen LogP contribution in [0.3, 0.4) is 0 Å². The highest BCUT2D eigenvalue weighted by Crippen LogP contribution is 2.01. The number of rotatable bonds is 3. The molecule has 0 saturated carbocycles. The number of hydrogen-bond acceptors (Lipinski definition) is 1. The van der Waals surface area contributed by atoms with Gasteiger partial charge in [0.2, 0.25) is 5.91 Å². The Kier molecular flexibility index (Phi) is 3.92. The number of benzene rings is 1. The molecule has 2 nitrogen and oxygen atoms in total. The van der Waals surface area contributed by atoms with Gasteiger partial charge >= 0.3 is 0 Å². The number of hydrogen-bond donors (Lipinski definition) is 1. The average Bonchev–Trinajstić information content (AvgIpc) is 2.15. The Hall–Kier alpha value is -1.57. The van der Waals surface area contributed by atoms with E-state index < -0.39 is 0 Å². The van der Waals surface area contributed by atoms with E-state index in [2.05, 4.69) is 5.32 Å². The summed E-state index contributed by atoms with van der Waals surface area (Å²) < 4.78 is 0. The minimum atomic E-state index is -0.00443. The van der Waals surface area contributed by atoms with Gasteiger partial charge in [0.05, 0.1) is 0 Å². The molecule has 0 aliphatic carbocycles. The molecule has 1 rings (SSSR count). The van der Waals surface area contributed by atoms with Crippen LogP contribution in [0.5, 0.6) is 0 Å². The number of carbonyl (C=O) groups is 1. The first kappa shape index (κ1) is 10.5. The third-order valence-electron chi connectivity index (χ3n) is 1.81. The third-order valence-corrected chi connectivity index (χ3v) is 1.81. The molecule has 2 heteroatoms. The van der Waals surface area contributed by atoms with E-state index in [0.717, 1.165) is 5.56 Å². The first-order valence-electron chi connectivity index (χ1n) is 4.69. The molecule has 0 spiro atoms. The summed E-state index contributed by atoms with van der Waals surface area (Å²) in [5.41, 5.74) is 1.14. The smallest absolute Gasteiger partial charge is 0.217 e. The van der Waals surface area contributed by atoms with E-state index in [-0.39, 0.29) is 11.9 Å². The highest BCUT2D eigenvalue weighted by atomic mass is 16.1. The predicted molar refractivity (Wildman–Crippen MR) is 58.8 cm³/mol. The second kappa shape index (κ2) is 5.22. The monoisotopic (exact) mass is 189 g/mol. The molecule has 1 aromatic carbocycles. The maximum atomic E-state index is 10.7. The Labute approximate surface area is 84.6 Å². The first-order chi connectivity index (χ1) is 6.68. The summed E-state index contributed by atoms with van der Waals surface area (Å²) in [5.74, 6) is -0.00443. The van der Waals surface area contributed by atoms with Crippen LogP contribution in [0, 0.1) is 0 Å². The summed E-state index contributed by atoms with van der Waals surface area (Å²) in [5, 5.41) is 2.79. The zero-order valence-corrected chi connectivity index (χ0v) is 8.53. The molecule has 0 unspecified atom stereocenters. The van der Waals surface area contributed by atoms with Gasteiger partial charge in [0.15, 0.2) is 0 Å². The van der Waals surface area contributed by atoms with E-state index in [1.165, 1.54) is 6.92 Å². The van der Waals surface area contributed by atoms with Crippen molar-refractivity contribution in [3.63, 3.8) is 0 Å². The van der Waals surface area contributed by atoms with Gasteiger partial charge in [-0.25, -0.2) is 0 Å². The van der Waals surface area contributed by atoms with Gasteiger partial charge in [-0.2, -0.15) is 0 Å². The van der Waals surface area contributed by atoms with Crippen molar-refractivity contribution in [2.24, 2.45) is 0 Å². The van der Waals surface area contributed by atoms with Gasteiger partial charge in [0, 0.05) is 13.0 Å². The van der Waals surface area contributed by atoms with Crippen molar-refractivity contribution in [1.82, 2.24) is 5.32 Å². The molecule has 1 amide bonds.